The van der Waals surface area contributed by atoms with Crippen molar-refractivity contribution >= 4 is 5.57 Å². The van der Waals surface area contributed by atoms with Gasteiger partial charge in [-0.15, -0.1) is 0 Å². The minimum absolute atomic E-state index is 0.199. The van der Waals surface area contributed by atoms with Crippen LogP contribution in [0.3, 0.4) is 0 Å². The van der Waals surface area contributed by atoms with Crippen molar-refractivity contribution in [1.82, 2.24) is 9.78 Å². The molecule has 0 aliphatic rings. The smallest absolute Gasteiger partial charge is 0.268 e. The van der Waals surface area contributed by atoms with E-state index in [1.54, 1.807) is 20.0 Å². The van der Waals surface area contributed by atoms with E-state index in [0.29, 0.717) is 11.4 Å². The molecule has 0 aromatic carbocycles. The lowest BCUT2D eigenvalue weighted by Gasteiger charge is -2.13. The third kappa shape index (κ3) is 1.94. The van der Waals surface area contributed by atoms with Crippen LogP contribution in [0.15, 0.2) is 12.6 Å². The first-order valence-electron chi connectivity index (χ1n) is 3.90. The van der Waals surface area contributed by atoms with E-state index in [1.165, 1.54) is 4.68 Å². The summed E-state index contributed by atoms with van der Waals surface area (Å²) in [5.41, 5.74) is 0.892. The van der Waals surface area contributed by atoms with Gasteiger partial charge in [-0.2, -0.15) is 5.10 Å². The number of hydrogen-bond acceptors (Lipinski definition) is 1. The van der Waals surface area contributed by atoms with Crippen LogP contribution >= 0.6 is 0 Å². The van der Waals surface area contributed by atoms with Gasteiger partial charge in [-0.05, 0) is 13.0 Å². The maximum absolute atomic E-state index is 12.9. The fourth-order valence-electron chi connectivity index (χ4n) is 1.12. The zero-order chi connectivity index (χ0) is 10.2. The van der Waals surface area contributed by atoms with Crippen molar-refractivity contribution < 1.29 is 8.78 Å². The van der Waals surface area contributed by atoms with Crippen LogP contribution in [0.5, 0.6) is 0 Å². The third-order valence-electron chi connectivity index (χ3n) is 1.84. The van der Waals surface area contributed by atoms with Crippen molar-refractivity contribution in [2.75, 3.05) is 0 Å². The predicted molar refractivity (Wildman–Crippen MR) is 47.6 cm³/mol. The summed E-state index contributed by atoms with van der Waals surface area (Å²) in [4.78, 5) is 0. The molecular weight excluding hydrogens is 174 g/mol. The second-order valence-electron chi connectivity index (χ2n) is 3.16. The molecule has 1 aromatic rings. The van der Waals surface area contributed by atoms with E-state index < -0.39 is 5.92 Å². The van der Waals surface area contributed by atoms with Gasteiger partial charge >= 0.3 is 0 Å². The highest BCUT2D eigenvalue weighted by atomic mass is 19.3. The second-order valence-corrected chi connectivity index (χ2v) is 3.16. The highest BCUT2D eigenvalue weighted by Crippen LogP contribution is 2.30. The summed E-state index contributed by atoms with van der Waals surface area (Å²) in [6.45, 7) is 5.95. The molecule has 1 rings (SSSR count). The quantitative estimate of drug-likeness (QED) is 0.693. The largest absolute Gasteiger partial charge is 0.272 e. The van der Waals surface area contributed by atoms with E-state index in [-0.39, 0.29) is 5.57 Å². The average molecular weight is 186 g/mol. The van der Waals surface area contributed by atoms with Gasteiger partial charge in [-0.3, -0.25) is 4.68 Å². The van der Waals surface area contributed by atoms with Gasteiger partial charge in [-0.25, -0.2) is 8.78 Å². The molecule has 0 atom stereocenters. The minimum Gasteiger partial charge on any atom is -0.268 e. The van der Waals surface area contributed by atoms with Crippen LogP contribution in [0.2, 0.25) is 0 Å². The molecule has 0 unspecified atom stereocenters. The van der Waals surface area contributed by atoms with Crippen LogP contribution in [0, 0.1) is 6.92 Å². The lowest BCUT2D eigenvalue weighted by atomic mass is 10.1. The summed E-state index contributed by atoms with van der Waals surface area (Å²) >= 11 is 0. The fourth-order valence-corrected chi connectivity index (χ4v) is 1.12. The van der Waals surface area contributed by atoms with E-state index in [4.69, 9.17) is 0 Å². The molecule has 0 saturated carbocycles. The Balaban J connectivity index is 3.09. The summed E-state index contributed by atoms with van der Waals surface area (Å²) in [6.07, 6.45) is 0. The van der Waals surface area contributed by atoms with Crippen molar-refractivity contribution in [1.29, 1.82) is 0 Å². The Hall–Kier alpha value is -1.19. The van der Waals surface area contributed by atoms with Crippen LogP contribution in [-0.4, -0.2) is 15.7 Å². The highest BCUT2D eigenvalue weighted by molar-refractivity contribution is 5.66. The molecule has 0 saturated heterocycles. The van der Waals surface area contributed by atoms with E-state index >= 15 is 0 Å². The van der Waals surface area contributed by atoms with Gasteiger partial charge in [0.2, 0.25) is 0 Å². The van der Waals surface area contributed by atoms with Crippen molar-refractivity contribution in [3.05, 3.63) is 24.0 Å². The molecule has 2 nitrogen and oxygen atoms in total. The number of alkyl halides is 2. The lowest BCUT2D eigenvalue weighted by Crippen LogP contribution is -2.14. The SMILES string of the molecule is C=C(c1cc(C)nn1C)C(C)(F)F. The van der Waals surface area contributed by atoms with Gasteiger partial charge < -0.3 is 0 Å². The van der Waals surface area contributed by atoms with E-state index in [1.807, 2.05) is 0 Å². The van der Waals surface area contributed by atoms with Crippen LogP contribution in [0.1, 0.15) is 18.3 Å². The van der Waals surface area contributed by atoms with Gasteiger partial charge in [0, 0.05) is 19.5 Å². The van der Waals surface area contributed by atoms with Crippen LogP contribution in [0.25, 0.3) is 5.57 Å². The molecule has 1 heterocycles. The number of nitrogens with zero attached hydrogens (tertiary/aromatic N) is 2. The summed E-state index contributed by atoms with van der Waals surface area (Å²) in [5.74, 6) is -2.89. The van der Waals surface area contributed by atoms with Gasteiger partial charge in [-0.1, -0.05) is 6.58 Å². The molecule has 0 fully saturated rings. The molecule has 0 aliphatic heterocycles. The maximum atomic E-state index is 12.9. The molecule has 0 bridgehead atoms. The number of hydrogen-bond donors (Lipinski definition) is 0. The zero-order valence-corrected chi connectivity index (χ0v) is 7.93. The van der Waals surface area contributed by atoms with Crippen molar-refractivity contribution in [3.63, 3.8) is 0 Å². The minimum atomic E-state index is -2.89. The topological polar surface area (TPSA) is 17.8 Å². The summed E-state index contributed by atoms with van der Waals surface area (Å²) in [7, 11) is 1.62. The van der Waals surface area contributed by atoms with Gasteiger partial charge in [0.1, 0.15) is 0 Å². The maximum Gasteiger partial charge on any atom is 0.272 e. The standard InChI is InChI=1S/C9H12F2N2/c1-6-5-8(13(4)12-6)7(2)9(3,10)11/h5H,2H2,1,3-4H3. The van der Waals surface area contributed by atoms with Gasteiger partial charge in [0.05, 0.1) is 11.4 Å². The monoisotopic (exact) mass is 186 g/mol. The van der Waals surface area contributed by atoms with Crippen molar-refractivity contribution in [2.24, 2.45) is 7.05 Å². The molecule has 0 aliphatic carbocycles. The van der Waals surface area contributed by atoms with Crippen LogP contribution in [-0.2, 0) is 7.05 Å². The summed E-state index contributed by atoms with van der Waals surface area (Å²) in [6, 6.07) is 1.60. The zero-order valence-electron chi connectivity index (χ0n) is 7.93. The first-order chi connectivity index (χ1) is 5.82. The Labute approximate surface area is 75.9 Å². The molecule has 0 N–H and O–H groups in total. The highest BCUT2D eigenvalue weighted by Gasteiger charge is 2.28. The van der Waals surface area contributed by atoms with Gasteiger partial charge in [0.25, 0.3) is 5.92 Å². The van der Waals surface area contributed by atoms with Crippen molar-refractivity contribution in [2.45, 2.75) is 19.8 Å². The number of allylic oxidation sites excluding steroid dienone is 1. The first-order valence-corrected chi connectivity index (χ1v) is 3.90. The molecular formula is C9H12F2N2. The van der Waals surface area contributed by atoms with E-state index in [0.717, 1.165) is 6.92 Å². The molecule has 72 valence electrons. The summed E-state index contributed by atoms with van der Waals surface area (Å²) < 4.78 is 27.1. The van der Waals surface area contributed by atoms with Crippen LogP contribution in [0.4, 0.5) is 8.78 Å². The molecule has 13 heavy (non-hydrogen) atoms. The lowest BCUT2D eigenvalue weighted by molar-refractivity contribution is 0.0889. The third-order valence-corrected chi connectivity index (χ3v) is 1.84. The molecule has 1 aromatic heterocycles. The molecule has 4 heteroatoms. The van der Waals surface area contributed by atoms with E-state index in [9.17, 15) is 8.78 Å². The van der Waals surface area contributed by atoms with E-state index in [2.05, 4.69) is 11.7 Å². The van der Waals surface area contributed by atoms with Crippen molar-refractivity contribution in [3.8, 4) is 0 Å². The predicted octanol–water partition coefficient (Wildman–Crippen LogP) is 2.40. The number of aromatic nitrogens is 2. The Morgan fingerprint density at radius 2 is 2.15 bits per heavy atom. The fraction of sp³-hybridized carbons (Fsp3) is 0.444. The normalized spacial score (nSPS) is 11.8. The van der Waals surface area contributed by atoms with Gasteiger partial charge in [0.15, 0.2) is 0 Å². The first kappa shape index (κ1) is 9.89. The van der Waals surface area contributed by atoms with Crippen LogP contribution < -0.4 is 0 Å². The molecule has 0 radical (unpaired) electrons. The second kappa shape index (κ2) is 2.94. The number of rotatable bonds is 2. The Morgan fingerprint density at radius 1 is 1.62 bits per heavy atom. The molecule has 0 spiro atoms. The average Bonchev–Trinajstić information content (AvgIpc) is 2.26. The molecule has 0 amide bonds. The Kier molecular flexibility index (Phi) is 2.24. The Bertz CT molecular complexity index is 334. The Morgan fingerprint density at radius 3 is 2.46 bits per heavy atom. The number of aryl methyl sites for hydroxylation is 2. The summed E-state index contributed by atoms with van der Waals surface area (Å²) in [5, 5.41) is 3.97. The number of halogens is 2.